The second-order valence-electron chi connectivity index (χ2n) is 4.17. The van der Waals surface area contributed by atoms with Gasteiger partial charge in [-0.1, -0.05) is 6.07 Å². The maximum absolute atomic E-state index is 12.2. The number of halogens is 3. The Labute approximate surface area is 127 Å². The summed E-state index contributed by atoms with van der Waals surface area (Å²) in [5, 5.41) is 1.67. The van der Waals surface area contributed by atoms with Crippen molar-refractivity contribution in [2.45, 2.75) is 12.7 Å². The van der Waals surface area contributed by atoms with E-state index < -0.39 is 17.9 Å². The largest absolute Gasteiger partial charge is 0.467 e. The van der Waals surface area contributed by atoms with E-state index in [0.29, 0.717) is 16.7 Å². The molecule has 0 N–H and O–H groups in total. The van der Waals surface area contributed by atoms with Gasteiger partial charge in [-0.15, -0.1) is 11.3 Å². The van der Waals surface area contributed by atoms with Crippen LogP contribution >= 0.6 is 11.3 Å². The van der Waals surface area contributed by atoms with Crippen LogP contribution in [0.2, 0.25) is 0 Å². The van der Waals surface area contributed by atoms with Gasteiger partial charge in [0.1, 0.15) is 5.76 Å². The Morgan fingerprint density at radius 3 is 2.59 bits per heavy atom. The summed E-state index contributed by atoms with van der Waals surface area (Å²) in [4.78, 5) is 24.5. The number of hydrogen-bond donors (Lipinski definition) is 0. The quantitative estimate of drug-likeness (QED) is 0.787. The van der Waals surface area contributed by atoms with E-state index in [2.05, 4.69) is 0 Å². The van der Waals surface area contributed by atoms with Crippen LogP contribution < -0.4 is 0 Å². The molecule has 2 rings (SSSR count). The molecule has 0 aliphatic heterocycles. The minimum absolute atomic E-state index is 0.0780. The number of carbonyl (C=O) groups is 2. The lowest BCUT2D eigenvalue weighted by molar-refractivity contribution is -0.165. The Kier molecular flexibility index (Phi) is 4.81. The molecule has 0 spiro atoms. The van der Waals surface area contributed by atoms with E-state index in [9.17, 15) is 22.8 Å². The lowest BCUT2D eigenvalue weighted by Gasteiger charge is -2.16. The van der Waals surface area contributed by atoms with Crippen LogP contribution in [0, 0.1) is 0 Å². The van der Waals surface area contributed by atoms with Crippen LogP contribution in [0.5, 0.6) is 0 Å². The number of ketones is 1. The monoisotopic (exact) mass is 329 g/mol. The van der Waals surface area contributed by atoms with Crippen molar-refractivity contribution in [3.8, 4) is 0 Å². The maximum atomic E-state index is 12.2. The van der Waals surface area contributed by atoms with Gasteiger partial charge < -0.3 is 9.32 Å². The predicted molar refractivity (Wildman–Crippen MR) is 73.1 cm³/mol. The number of alkyl halides is 3. The molecule has 2 aromatic rings. The fourth-order valence-corrected chi connectivity index (χ4v) is 2.24. The third-order valence-corrected chi connectivity index (χ3v) is 3.44. The fraction of sp³-hybridized carbons (Fsp3) is 0.143. The van der Waals surface area contributed by atoms with E-state index in [4.69, 9.17) is 4.42 Å². The van der Waals surface area contributed by atoms with Crippen molar-refractivity contribution in [2.75, 3.05) is 0 Å². The van der Waals surface area contributed by atoms with Crippen molar-refractivity contribution in [3.63, 3.8) is 0 Å². The van der Waals surface area contributed by atoms with Crippen LogP contribution in [0.4, 0.5) is 13.2 Å². The minimum atomic E-state index is -4.97. The molecule has 0 saturated carbocycles. The molecule has 0 bridgehead atoms. The summed E-state index contributed by atoms with van der Waals surface area (Å²) in [6.07, 6.45) is -2.44. The van der Waals surface area contributed by atoms with E-state index in [-0.39, 0.29) is 6.54 Å². The summed E-state index contributed by atoms with van der Waals surface area (Å²) >= 11 is 1.15. The van der Waals surface area contributed by atoms with Gasteiger partial charge >= 0.3 is 6.18 Å². The SMILES string of the molecule is O=C(c1cccs1)N(C=CC(=O)C(F)(F)F)Cc1ccco1. The highest BCUT2D eigenvalue weighted by atomic mass is 32.1. The minimum Gasteiger partial charge on any atom is -0.467 e. The van der Waals surface area contributed by atoms with Crippen LogP contribution in [0.3, 0.4) is 0 Å². The van der Waals surface area contributed by atoms with Crippen LogP contribution in [0.15, 0.2) is 52.6 Å². The van der Waals surface area contributed by atoms with Crippen molar-refractivity contribution in [2.24, 2.45) is 0 Å². The normalized spacial score (nSPS) is 11.8. The zero-order valence-corrected chi connectivity index (χ0v) is 11.9. The van der Waals surface area contributed by atoms with E-state index in [0.717, 1.165) is 22.4 Å². The first kappa shape index (κ1) is 16.0. The Hall–Kier alpha value is -2.35. The maximum Gasteiger partial charge on any atom is 0.454 e. The zero-order valence-electron chi connectivity index (χ0n) is 11.0. The van der Waals surface area contributed by atoms with E-state index in [1.165, 1.54) is 6.26 Å². The average molecular weight is 329 g/mol. The summed E-state index contributed by atoms with van der Waals surface area (Å²) in [6, 6.07) is 6.36. The van der Waals surface area contributed by atoms with Gasteiger partial charge in [0.05, 0.1) is 17.7 Å². The molecular formula is C14H10F3NO3S. The van der Waals surface area contributed by atoms with Gasteiger partial charge in [-0.25, -0.2) is 0 Å². The molecule has 4 nitrogen and oxygen atoms in total. The van der Waals surface area contributed by atoms with Crippen LogP contribution in [0.25, 0.3) is 0 Å². The number of hydrogen-bond acceptors (Lipinski definition) is 4. The van der Waals surface area contributed by atoms with Gasteiger partial charge in [-0.3, -0.25) is 9.59 Å². The van der Waals surface area contributed by atoms with Gasteiger partial charge in [0, 0.05) is 12.3 Å². The number of nitrogens with zero attached hydrogens (tertiary/aromatic N) is 1. The highest BCUT2D eigenvalue weighted by molar-refractivity contribution is 7.12. The van der Waals surface area contributed by atoms with Crippen molar-refractivity contribution in [3.05, 3.63) is 58.8 Å². The number of thiophene rings is 1. The van der Waals surface area contributed by atoms with Crippen molar-refractivity contribution < 1.29 is 27.2 Å². The molecule has 0 unspecified atom stereocenters. The molecule has 0 aliphatic carbocycles. The molecule has 0 saturated heterocycles. The summed E-state index contributed by atoms with van der Waals surface area (Å²) in [7, 11) is 0. The second kappa shape index (κ2) is 6.61. The van der Waals surface area contributed by atoms with Gasteiger partial charge in [0.15, 0.2) is 0 Å². The Morgan fingerprint density at radius 2 is 2.05 bits per heavy atom. The lowest BCUT2D eigenvalue weighted by atomic mass is 10.3. The molecule has 0 atom stereocenters. The summed E-state index contributed by atoms with van der Waals surface area (Å²) in [6.45, 7) is -0.0780. The number of furan rings is 1. The van der Waals surface area contributed by atoms with Gasteiger partial charge in [-0.05, 0) is 23.6 Å². The summed E-state index contributed by atoms with van der Waals surface area (Å²) < 4.78 is 41.8. The molecule has 0 aliphatic rings. The van der Waals surface area contributed by atoms with Crippen LogP contribution in [0.1, 0.15) is 15.4 Å². The molecule has 0 aromatic carbocycles. The second-order valence-corrected chi connectivity index (χ2v) is 5.12. The number of rotatable bonds is 5. The third kappa shape index (κ3) is 4.08. The molecule has 116 valence electrons. The fourth-order valence-electron chi connectivity index (χ4n) is 1.56. The highest BCUT2D eigenvalue weighted by Crippen LogP contribution is 2.18. The zero-order chi connectivity index (χ0) is 16.2. The Bertz CT molecular complexity index is 660. The van der Waals surface area contributed by atoms with Crippen molar-refractivity contribution in [1.29, 1.82) is 0 Å². The summed E-state index contributed by atoms with van der Waals surface area (Å²) in [5.74, 6) is -2.16. The first-order valence-electron chi connectivity index (χ1n) is 6.04. The Morgan fingerprint density at radius 1 is 1.27 bits per heavy atom. The van der Waals surface area contributed by atoms with E-state index in [1.54, 1.807) is 29.6 Å². The smallest absolute Gasteiger partial charge is 0.454 e. The molecule has 1 amide bonds. The topological polar surface area (TPSA) is 50.5 Å². The van der Waals surface area contributed by atoms with Crippen molar-refractivity contribution >= 4 is 23.0 Å². The Balaban J connectivity index is 2.20. The number of allylic oxidation sites excluding steroid dienone is 1. The lowest BCUT2D eigenvalue weighted by Crippen LogP contribution is -2.26. The molecule has 8 heteroatoms. The van der Waals surface area contributed by atoms with Crippen LogP contribution in [-0.4, -0.2) is 22.8 Å². The molecule has 2 aromatic heterocycles. The van der Waals surface area contributed by atoms with Crippen molar-refractivity contribution in [1.82, 2.24) is 4.90 Å². The predicted octanol–water partition coefficient (Wildman–Crippen LogP) is 3.63. The standard InChI is InChI=1S/C14H10F3NO3S/c15-14(16,17)12(19)5-6-18(9-10-3-1-7-21-10)13(20)11-4-2-8-22-11/h1-8H,9H2. The van der Waals surface area contributed by atoms with Gasteiger partial charge in [0.2, 0.25) is 0 Å². The number of amides is 1. The number of carbonyl (C=O) groups excluding carboxylic acids is 2. The first-order valence-corrected chi connectivity index (χ1v) is 6.92. The average Bonchev–Trinajstić information content (AvgIpc) is 3.13. The molecule has 0 fully saturated rings. The van der Waals surface area contributed by atoms with Crippen LogP contribution in [-0.2, 0) is 11.3 Å². The summed E-state index contributed by atoms with van der Waals surface area (Å²) in [5.41, 5.74) is 0. The third-order valence-electron chi connectivity index (χ3n) is 2.58. The molecule has 0 radical (unpaired) electrons. The highest BCUT2D eigenvalue weighted by Gasteiger charge is 2.36. The van der Waals surface area contributed by atoms with E-state index >= 15 is 0 Å². The first-order chi connectivity index (χ1) is 10.4. The molecular weight excluding hydrogens is 319 g/mol. The van der Waals surface area contributed by atoms with Gasteiger partial charge in [0.25, 0.3) is 11.7 Å². The molecule has 22 heavy (non-hydrogen) atoms. The van der Waals surface area contributed by atoms with E-state index in [1.807, 2.05) is 0 Å². The molecule has 2 heterocycles. The van der Waals surface area contributed by atoms with Gasteiger partial charge in [-0.2, -0.15) is 13.2 Å².